The van der Waals surface area contributed by atoms with Crippen LogP contribution >= 0.6 is 12.4 Å². The number of anilines is 1. The van der Waals surface area contributed by atoms with Crippen LogP contribution in [0.2, 0.25) is 0 Å². The number of benzene rings is 1. The third kappa shape index (κ3) is 3.91. The number of nitrogens with two attached hydrogens (primary N) is 1. The molecule has 1 unspecified atom stereocenters. The minimum absolute atomic E-state index is 0. The summed E-state index contributed by atoms with van der Waals surface area (Å²) < 4.78 is 11.2. The first-order valence-corrected chi connectivity index (χ1v) is 5.44. The molecule has 0 aliphatic carbocycles. The number of ether oxygens (including phenoxy) is 2. The molecule has 0 saturated carbocycles. The standard InChI is InChI=1S/C12H17NO2.ClH/c13-10-4-6-11(7-5-10)15-9-12-3-1-2-8-14-12;/h4-7,12H,1-3,8-9,13H2;1H. The molecular weight excluding hydrogens is 226 g/mol. The molecule has 3 nitrogen and oxygen atoms in total. The average molecular weight is 244 g/mol. The fourth-order valence-electron chi connectivity index (χ4n) is 1.69. The van der Waals surface area contributed by atoms with Gasteiger partial charge in [-0.15, -0.1) is 12.4 Å². The van der Waals surface area contributed by atoms with Crippen molar-refractivity contribution in [3.63, 3.8) is 0 Å². The first-order valence-electron chi connectivity index (χ1n) is 5.44. The summed E-state index contributed by atoms with van der Waals surface area (Å²) >= 11 is 0. The number of halogens is 1. The third-order valence-electron chi connectivity index (χ3n) is 2.59. The summed E-state index contributed by atoms with van der Waals surface area (Å²) in [7, 11) is 0. The molecule has 16 heavy (non-hydrogen) atoms. The van der Waals surface area contributed by atoms with E-state index in [2.05, 4.69) is 0 Å². The highest BCUT2D eigenvalue weighted by molar-refractivity contribution is 5.85. The zero-order valence-electron chi connectivity index (χ0n) is 9.22. The second-order valence-electron chi connectivity index (χ2n) is 3.87. The van der Waals surface area contributed by atoms with Crippen molar-refractivity contribution in [2.75, 3.05) is 18.9 Å². The van der Waals surface area contributed by atoms with E-state index in [-0.39, 0.29) is 18.5 Å². The Labute approximate surface area is 102 Å². The summed E-state index contributed by atoms with van der Waals surface area (Å²) in [6.45, 7) is 1.51. The molecule has 1 fully saturated rings. The lowest BCUT2D eigenvalue weighted by molar-refractivity contribution is -0.0110. The van der Waals surface area contributed by atoms with Crippen molar-refractivity contribution in [3.8, 4) is 5.75 Å². The highest BCUT2D eigenvalue weighted by Crippen LogP contribution is 2.17. The SMILES string of the molecule is Cl.Nc1ccc(OCC2CCCCO2)cc1. The van der Waals surface area contributed by atoms with Crippen LogP contribution in [0.25, 0.3) is 0 Å². The number of rotatable bonds is 3. The van der Waals surface area contributed by atoms with Gasteiger partial charge in [0.15, 0.2) is 0 Å². The van der Waals surface area contributed by atoms with E-state index in [0.717, 1.165) is 24.5 Å². The van der Waals surface area contributed by atoms with Gasteiger partial charge in [-0.25, -0.2) is 0 Å². The second kappa shape index (κ2) is 6.61. The maximum atomic E-state index is 5.62. The van der Waals surface area contributed by atoms with Crippen molar-refractivity contribution >= 4 is 18.1 Å². The largest absolute Gasteiger partial charge is 0.491 e. The number of hydrogen-bond donors (Lipinski definition) is 1. The van der Waals surface area contributed by atoms with Crippen LogP contribution in [0.3, 0.4) is 0 Å². The normalized spacial score (nSPS) is 19.9. The lowest BCUT2D eigenvalue weighted by Crippen LogP contribution is -2.25. The van der Waals surface area contributed by atoms with Crippen LogP contribution < -0.4 is 10.5 Å². The molecule has 0 spiro atoms. The first kappa shape index (κ1) is 13.1. The van der Waals surface area contributed by atoms with Crippen LogP contribution in [0.5, 0.6) is 5.75 Å². The molecule has 0 bridgehead atoms. The molecule has 1 atom stereocenters. The van der Waals surface area contributed by atoms with Crippen LogP contribution in [0.1, 0.15) is 19.3 Å². The fourth-order valence-corrected chi connectivity index (χ4v) is 1.69. The van der Waals surface area contributed by atoms with Gasteiger partial charge in [-0.1, -0.05) is 0 Å². The van der Waals surface area contributed by atoms with Gasteiger partial charge in [-0.3, -0.25) is 0 Å². The molecule has 90 valence electrons. The maximum absolute atomic E-state index is 5.62. The van der Waals surface area contributed by atoms with Gasteiger partial charge in [0.2, 0.25) is 0 Å². The van der Waals surface area contributed by atoms with Gasteiger partial charge in [0.25, 0.3) is 0 Å². The van der Waals surface area contributed by atoms with E-state index < -0.39 is 0 Å². The average Bonchev–Trinajstić information content (AvgIpc) is 2.30. The minimum Gasteiger partial charge on any atom is -0.491 e. The highest BCUT2D eigenvalue weighted by Gasteiger charge is 2.14. The van der Waals surface area contributed by atoms with Crippen molar-refractivity contribution < 1.29 is 9.47 Å². The molecule has 1 saturated heterocycles. The van der Waals surface area contributed by atoms with Crippen molar-refractivity contribution in [2.45, 2.75) is 25.4 Å². The zero-order valence-corrected chi connectivity index (χ0v) is 10.0. The lowest BCUT2D eigenvalue weighted by Gasteiger charge is -2.22. The molecule has 0 aromatic heterocycles. The fraction of sp³-hybridized carbons (Fsp3) is 0.500. The predicted molar refractivity (Wildman–Crippen MR) is 67.2 cm³/mol. The smallest absolute Gasteiger partial charge is 0.119 e. The summed E-state index contributed by atoms with van der Waals surface area (Å²) in [6, 6.07) is 7.46. The van der Waals surface area contributed by atoms with Gasteiger partial charge in [0.05, 0.1) is 6.10 Å². The van der Waals surface area contributed by atoms with Crippen LogP contribution in [0.4, 0.5) is 5.69 Å². The summed E-state index contributed by atoms with van der Waals surface area (Å²) in [5, 5.41) is 0. The molecule has 1 aromatic rings. The van der Waals surface area contributed by atoms with Gasteiger partial charge in [-0.2, -0.15) is 0 Å². The van der Waals surface area contributed by atoms with Crippen molar-refractivity contribution in [1.82, 2.24) is 0 Å². The van der Waals surface area contributed by atoms with E-state index in [9.17, 15) is 0 Å². The monoisotopic (exact) mass is 243 g/mol. The van der Waals surface area contributed by atoms with Crippen LogP contribution in [-0.4, -0.2) is 19.3 Å². The minimum atomic E-state index is 0. The van der Waals surface area contributed by atoms with E-state index in [1.807, 2.05) is 24.3 Å². The predicted octanol–water partition coefficient (Wildman–Crippen LogP) is 2.64. The Morgan fingerprint density at radius 1 is 1.25 bits per heavy atom. The quantitative estimate of drug-likeness (QED) is 0.830. The summed E-state index contributed by atoms with van der Waals surface area (Å²) in [4.78, 5) is 0. The molecule has 0 radical (unpaired) electrons. The van der Waals surface area contributed by atoms with E-state index in [1.165, 1.54) is 12.8 Å². The Morgan fingerprint density at radius 2 is 2.00 bits per heavy atom. The highest BCUT2D eigenvalue weighted by atomic mass is 35.5. The topological polar surface area (TPSA) is 44.5 Å². The number of hydrogen-bond acceptors (Lipinski definition) is 3. The van der Waals surface area contributed by atoms with E-state index >= 15 is 0 Å². The zero-order chi connectivity index (χ0) is 10.5. The molecule has 2 N–H and O–H groups in total. The molecule has 2 rings (SSSR count). The summed E-state index contributed by atoms with van der Waals surface area (Å²) in [5.41, 5.74) is 6.35. The third-order valence-corrected chi connectivity index (χ3v) is 2.59. The van der Waals surface area contributed by atoms with Crippen LogP contribution in [-0.2, 0) is 4.74 Å². The van der Waals surface area contributed by atoms with Crippen molar-refractivity contribution in [3.05, 3.63) is 24.3 Å². The molecular formula is C12H18ClNO2. The molecule has 1 aromatic carbocycles. The van der Waals surface area contributed by atoms with E-state index in [1.54, 1.807) is 0 Å². The molecule has 0 amide bonds. The van der Waals surface area contributed by atoms with E-state index in [0.29, 0.717) is 6.61 Å². The summed E-state index contributed by atoms with van der Waals surface area (Å²) in [6.07, 6.45) is 3.79. The first-order chi connectivity index (χ1) is 7.34. The van der Waals surface area contributed by atoms with Gasteiger partial charge in [0, 0.05) is 12.3 Å². The van der Waals surface area contributed by atoms with Crippen LogP contribution in [0.15, 0.2) is 24.3 Å². The Balaban J connectivity index is 0.00000128. The molecule has 1 aliphatic rings. The number of nitrogen functional groups attached to an aromatic ring is 1. The Hall–Kier alpha value is -0.930. The maximum Gasteiger partial charge on any atom is 0.119 e. The Kier molecular flexibility index (Phi) is 5.43. The van der Waals surface area contributed by atoms with Gasteiger partial charge in [-0.05, 0) is 43.5 Å². The van der Waals surface area contributed by atoms with Crippen molar-refractivity contribution in [2.24, 2.45) is 0 Å². The van der Waals surface area contributed by atoms with Gasteiger partial charge >= 0.3 is 0 Å². The Morgan fingerprint density at radius 3 is 2.62 bits per heavy atom. The summed E-state index contributed by atoms with van der Waals surface area (Å²) in [5.74, 6) is 0.860. The Bertz CT molecular complexity index is 296. The van der Waals surface area contributed by atoms with Crippen molar-refractivity contribution in [1.29, 1.82) is 0 Å². The van der Waals surface area contributed by atoms with E-state index in [4.69, 9.17) is 15.2 Å². The van der Waals surface area contributed by atoms with Gasteiger partial charge in [0.1, 0.15) is 12.4 Å². The molecule has 1 aliphatic heterocycles. The lowest BCUT2D eigenvalue weighted by atomic mass is 10.1. The van der Waals surface area contributed by atoms with Crippen LogP contribution in [0, 0.1) is 0 Å². The second-order valence-corrected chi connectivity index (χ2v) is 3.87. The van der Waals surface area contributed by atoms with Gasteiger partial charge < -0.3 is 15.2 Å². The molecule has 1 heterocycles. The molecule has 4 heteroatoms.